The molecular formula is C17H21BrOS. The molecule has 0 aliphatic heterocycles. The summed E-state index contributed by atoms with van der Waals surface area (Å²) in [4.78, 5) is 1.23. The molecule has 0 bridgehead atoms. The molecule has 0 aliphatic rings. The van der Waals surface area contributed by atoms with Gasteiger partial charge in [0, 0.05) is 14.7 Å². The molecule has 0 radical (unpaired) electrons. The number of halogens is 1. The van der Waals surface area contributed by atoms with Crippen LogP contribution in [0.2, 0.25) is 0 Å². The van der Waals surface area contributed by atoms with Crippen molar-refractivity contribution in [3.8, 4) is 5.75 Å². The Morgan fingerprint density at radius 1 is 1.20 bits per heavy atom. The third kappa shape index (κ3) is 3.86. The fraction of sp³-hybridized carbons (Fsp3) is 0.412. The van der Waals surface area contributed by atoms with Gasteiger partial charge >= 0.3 is 0 Å². The predicted molar refractivity (Wildman–Crippen MR) is 90.9 cm³/mol. The van der Waals surface area contributed by atoms with Gasteiger partial charge < -0.3 is 4.74 Å². The molecule has 0 saturated carbocycles. The number of hydrogen-bond acceptors (Lipinski definition) is 2. The molecule has 1 aromatic carbocycles. The predicted octanol–water partition coefficient (Wildman–Crippen LogP) is 5.95. The number of rotatable bonds is 4. The summed E-state index contributed by atoms with van der Waals surface area (Å²) in [7, 11) is 0. The minimum absolute atomic E-state index is 0.0938. The number of benzene rings is 1. The Morgan fingerprint density at radius 2 is 1.95 bits per heavy atom. The highest BCUT2D eigenvalue weighted by molar-refractivity contribution is 9.10. The molecule has 3 heteroatoms. The highest BCUT2D eigenvalue weighted by Gasteiger charge is 2.19. The second kappa shape index (κ2) is 6.31. The van der Waals surface area contributed by atoms with Crippen LogP contribution in [0.4, 0.5) is 0 Å². The molecule has 108 valence electrons. The van der Waals surface area contributed by atoms with Crippen molar-refractivity contribution in [2.45, 2.75) is 46.1 Å². The summed E-state index contributed by atoms with van der Waals surface area (Å²) in [6.45, 7) is 9.51. The van der Waals surface area contributed by atoms with Gasteiger partial charge in [0.2, 0.25) is 0 Å². The molecule has 0 unspecified atom stereocenters. The van der Waals surface area contributed by atoms with E-state index in [1.165, 1.54) is 16.0 Å². The Balaban J connectivity index is 2.22. The maximum Gasteiger partial charge on any atom is 0.123 e. The van der Waals surface area contributed by atoms with Gasteiger partial charge in [0.05, 0.1) is 0 Å². The summed E-state index contributed by atoms with van der Waals surface area (Å²) in [5.74, 6) is 0.999. The maximum atomic E-state index is 6.05. The van der Waals surface area contributed by atoms with Crippen molar-refractivity contribution in [2.24, 2.45) is 0 Å². The van der Waals surface area contributed by atoms with Crippen molar-refractivity contribution in [1.82, 2.24) is 0 Å². The fourth-order valence-electron chi connectivity index (χ4n) is 2.09. The molecule has 1 heterocycles. The van der Waals surface area contributed by atoms with Gasteiger partial charge in [0.25, 0.3) is 0 Å². The standard InChI is InChI=1S/C17H21BrOS/c1-5-12-6-7-16(15(8-12)17(2,3)4)19-10-14-9-13(18)11-20-14/h6-9,11H,5,10H2,1-4H3. The second-order valence-electron chi connectivity index (χ2n) is 5.95. The lowest BCUT2D eigenvalue weighted by atomic mass is 9.85. The topological polar surface area (TPSA) is 9.23 Å². The van der Waals surface area contributed by atoms with Crippen molar-refractivity contribution < 1.29 is 4.74 Å². The summed E-state index contributed by atoms with van der Waals surface area (Å²) in [6, 6.07) is 8.67. The van der Waals surface area contributed by atoms with Crippen LogP contribution in [-0.4, -0.2) is 0 Å². The number of aryl methyl sites for hydroxylation is 1. The van der Waals surface area contributed by atoms with E-state index < -0.39 is 0 Å². The van der Waals surface area contributed by atoms with Gasteiger partial charge in [-0.05, 0) is 51.0 Å². The molecule has 0 aliphatic carbocycles. The summed E-state index contributed by atoms with van der Waals surface area (Å²) in [5, 5.41) is 2.09. The first-order valence-corrected chi connectivity index (χ1v) is 8.56. The first-order valence-electron chi connectivity index (χ1n) is 6.89. The van der Waals surface area contributed by atoms with Crippen LogP contribution < -0.4 is 4.74 Å². The quantitative estimate of drug-likeness (QED) is 0.660. The molecule has 1 aromatic heterocycles. The molecule has 2 rings (SSSR count). The van der Waals surface area contributed by atoms with E-state index in [2.05, 4.69) is 73.3 Å². The molecule has 1 nitrogen and oxygen atoms in total. The third-order valence-electron chi connectivity index (χ3n) is 3.25. The van der Waals surface area contributed by atoms with E-state index in [1.807, 2.05) is 0 Å². The number of ether oxygens (including phenoxy) is 1. The summed E-state index contributed by atoms with van der Waals surface area (Å²) in [6.07, 6.45) is 1.06. The van der Waals surface area contributed by atoms with E-state index in [9.17, 15) is 0 Å². The first-order chi connectivity index (χ1) is 9.40. The highest BCUT2D eigenvalue weighted by Crippen LogP contribution is 2.33. The second-order valence-corrected chi connectivity index (χ2v) is 7.87. The van der Waals surface area contributed by atoms with Crippen molar-refractivity contribution >= 4 is 27.3 Å². The molecule has 0 atom stereocenters. The Kier molecular flexibility index (Phi) is 4.92. The average molecular weight is 353 g/mol. The van der Waals surface area contributed by atoms with E-state index in [4.69, 9.17) is 4.74 Å². The van der Waals surface area contributed by atoms with Gasteiger partial charge in [-0.1, -0.05) is 39.8 Å². The van der Waals surface area contributed by atoms with E-state index in [0.717, 1.165) is 16.6 Å². The van der Waals surface area contributed by atoms with Gasteiger partial charge in [-0.3, -0.25) is 0 Å². The molecule has 0 spiro atoms. The van der Waals surface area contributed by atoms with Crippen molar-refractivity contribution in [3.05, 3.63) is 50.1 Å². The zero-order chi connectivity index (χ0) is 14.8. The number of hydrogen-bond donors (Lipinski definition) is 0. The van der Waals surface area contributed by atoms with Crippen LogP contribution in [0.25, 0.3) is 0 Å². The van der Waals surface area contributed by atoms with Crippen molar-refractivity contribution in [1.29, 1.82) is 0 Å². The Labute approximate surface area is 134 Å². The smallest absolute Gasteiger partial charge is 0.123 e. The Bertz CT molecular complexity index is 581. The van der Waals surface area contributed by atoms with Crippen LogP contribution in [0, 0.1) is 0 Å². The third-order valence-corrected chi connectivity index (χ3v) is 4.92. The molecular weight excluding hydrogens is 332 g/mol. The monoisotopic (exact) mass is 352 g/mol. The van der Waals surface area contributed by atoms with Crippen molar-refractivity contribution in [3.63, 3.8) is 0 Å². The molecule has 2 aromatic rings. The van der Waals surface area contributed by atoms with E-state index in [-0.39, 0.29) is 5.41 Å². The molecule has 20 heavy (non-hydrogen) atoms. The van der Waals surface area contributed by atoms with Crippen LogP contribution in [0.3, 0.4) is 0 Å². The van der Waals surface area contributed by atoms with Crippen LogP contribution in [-0.2, 0) is 18.4 Å². The van der Waals surface area contributed by atoms with Crippen molar-refractivity contribution in [2.75, 3.05) is 0 Å². The SMILES string of the molecule is CCc1ccc(OCc2cc(Br)cs2)c(C(C)(C)C)c1. The van der Waals surface area contributed by atoms with Gasteiger partial charge in [0.15, 0.2) is 0 Å². The maximum absolute atomic E-state index is 6.05. The van der Waals surface area contributed by atoms with Crippen LogP contribution >= 0.6 is 27.3 Å². The molecule has 0 N–H and O–H groups in total. The summed E-state index contributed by atoms with van der Waals surface area (Å²) >= 11 is 5.20. The van der Waals surface area contributed by atoms with E-state index in [1.54, 1.807) is 11.3 Å². The lowest BCUT2D eigenvalue weighted by Crippen LogP contribution is -2.14. The normalized spacial score (nSPS) is 11.7. The van der Waals surface area contributed by atoms with Gasteiger partial charge in [0.1, 0.15) is 12.4 Å². The number of thiophene rings is 1. The van der Waals surface area contributed by atoms with Crippen LogP contribution in [0.5, 0.6) is 5.75 Å². The largest absolute Gasteiger partial charge is 0.488 e. The molecule has 0 fully saturated rings. The average Bonchev–Trinajstić information content (AvgIpc) is 2.81. The van der Waals surface area contributed by atoms with Gasteiger partial charge in [-0.25, -0.2) is 0 Å². The minimum Gasteiger partial charge on any atom is -0.488 e. The molecule has 0 amide bonds. The minimum atomic E-state index is 0.0938. The van der Waals surface area contributed by atoms with Crippen LogP contribution in [0.15, 0.2) is 34.1 Å². The van der Waals surface area contributed by atoms with E-state index >= 15 is 0 Å². The van der Waals surface area contributed by atoms with Crippen LogP contribution in [0.1, 0.15) is 43.7 Å². The highest BCUT2D eigenvalue weighted by atomic mass is 79.9. The van der Waals surface area contributed by atoms with E-state index in [0.29, 0.717) is 6.61 Å². The lowest BCUT2D eigenvalue weighted by molar-refractivity contribution is 0.301. The van der Waals surface area contributed by atoms with Gasteiger partial charge in [-0.15, -0.1) is 11.3 Å². The summed E-state index contributed by atoms with van der Waals surface area (Å²) < 4.78 is 7.18. The summed E-state index contributed by atoms with van der Waals surface area (Å²) in [5.41, 5.74) is 2.74. The zero-order valence-corrected chi connectivity index (χ0v) is 14.9. The Morgan fingerprint density at radius 3 is 2.50 bits per heavy atom. The van der Waals surface area contributed by atoms with Gasteiger partial charge in [-0.2, -0.15) is 0 Å². The zero-order valence-electron chi connectivity index (χ0n) is 12.5. The molecule has 0 saturated heterocycles. The fourth-order valence-corrected chi connectivity index (χ4v) is 3.45. The first kappa shape index (κ1) is 15.6. The lowest BCUT2D eigenvalue weighted by Gasteiger charge is -2.23. The Hall–Kier alpha value is -0.800.